The van der Waals surface area contributed by atoms with Crippen molar-refractivity contribution in [3.05, 3.63) is 35.4 Å². The van der Waals surface area contributed by atoms with Crippen molar-refractivity contribution in [2.75, 3.05) is 20.6 Å². The minimum atomic E-state index is -0.347. The topological polar surface area (TPSA) is 46.3 Å². The largest absolute Gasteiger partial charge is 0.366 e. The van der Waals surface area contributed by atoms with Gasteiger partial charge in [-0.05, 0) is 63.0 Å². The third kappa shape index (κ3) is 3.16. The summed E-state index contributed by atoms with van der Waals surface area (Å²) in [6.45, 7) is 1.11. The Hall–Kier alpha value is -1.35. The summed E-state index contributed by atoms with van der Waals surface area (Å²) < 4.78 is 0. The highest BCUT2D eigenvalue weighted by molar-refractivity contribution is 5.92. The fourth-order valence-electron chi connectivity index (χ4n) is 3.16. The number of primary amides is 1. The van der Waals surface area contributed by atoms with Gasteiger partial charge in [0.05, 0.1) is 0 Å². The second-order valence-corrected chi connectivity index (χ2v) is 5.98. The number of hydrogen-bond acceptors (Lipinski definition) is 2. The van der Waals surface area contributed by atoms with Crippen LogP contribution in [0.4, 0.5) is 0 Å². The number of rotatable bonds is 5. The summed E-state index contributed by atoms with van der Waals surface area (Å²) >= 11 is 0. The zero-order valence-electron chi connectivity index (χ0n) is 12.0. The Morgan fingerprint density at radius 3 is 2.26 bits per heavy atom. The summed E-state index contributed by atoms with van der Waals surface area (Å²) in [5.74, 6) is -0.347. The first-order chi connectivity index (χ1) is 9.03. The van der Waals surface area contributed by atoms with Gasteiger partial charge in [0.2, 0.25) is 5.91 Å². The van der Waals surface area contributed by atoms with Gasteiger partial charge in [-0.3, -0.25) is 4.79 Å². The summed E-state index contributed by atoms with van der Waals surface area (Å²) in [6, 6.07) is 7.93. The predicted octanol–water partition coefficient (Wildman–Crippen LogP) is 2.55. The molecule has 1 aliphatic rings. The molecule has 0 aromatic heterocycles. The lowest BCUT2D eigenvalue weighted by atomic mass is 9.76. The van der Waals surface area contributed by atoms with Crippen molar-refractivity contribution < 1.29 is 4.79 Å². The summed E-state index contributed by atoms with van der Waals surface area (Å²) in [5.41, 5.74) is 7.58. The van der Waals surface area contributed by atoms with Gasteiger partial charge in [0.15, 0.2) is 0 Å². The van der Waals surface area contributed by atoms with Crippen molar-refractivity contribution in [3.63, 3.8) is 0 Å². The van der Waals surface area contributed by atoms with E-state index in [1.54, 1.807) is 0 Å². The van der Waals surface area contributed by atoms with Crippen molar-refractivity contribution in [1.29, 1.82) is 0 Å². The fourth-order valence-corrected chi connectivity index (χ4v) is 3.16. The lowest BCUT2D eigenvalue weighted by Crippen LogP contribution is -2.28. The minimum Gasteiger partial charge on any atom is -0.366 e. The van der Waals surface area contributed by atoms with Gasteiger partial charge >= 0.3 is 0 Å². The molecular weight excluding hydrogens is 236 g/mol. The van der Waals surface area contributed by atoms with E-state index in [0.717, 1.165) is 6.54 Å². The zero-order valence-corrected chi connectivity index (χ0v) is 12.0. The van der Waals surface area contributed by atoms with E-state index in [2.05, 4.69) is 31.1 Å². The maximum atomic E-state index is 11.1. The molecule has 1 fully saturated rings. The van der Waals surface area contributed by atoms with Crippen LogP contribution in [-0.4, -0.2) is 31.4 Å². The van der Waals surface area contributed by atoms with Crippen LogP contribution in [0.15, 0.2) is 24.3 Å². The summed E-state index contributed by atoms with van der Waals surface area (Å²) in [7, 11) is 4.25. The van der Waals surface area contributed by atoms with Gasteiger partial charge in [-0.25, -0.2) is 0 Å². The van der Waals surface area contributed by atoms with Crippen molar-refractivity contribution >= 4 is 5.91 Å². The van der Waals surface area contributed by atoms with Gasteiger partial charge in [0.25, 0.3) is 0 Å². The molecule has 3 nitrogen and oxygen atoms in total. The molecule has 0 bridgehead atoms. The molecular formula is C16H24N2O. The molecule has 1 aromatic rings. The van der Waals surface area contributed by atoms with Crippen molar-refractivity contribution in [2.24, 2.45) is 5.73 Å². The highest BCUT2D eigenvalue weighted by atomic mass is 16.1. The van der Waals surface area contributed by atoms with E-state index in [9.17, 15) is 4.79 Å². The van der Waals surface area contributed by atoms with Crippen LogP contribution in [0.5, 0.6) is 0 Å². The molecule has 1 aromatic carbocycles. The Labute approximate surface area is 115 Å². The van der Waals surface area contributed by atoms with Crippen LogP contribution in [0, 0.1) is 0 Å². The second-order valence-electron chi connectivity index (χ2n) is 5.98. The first-order valence-electron chi connectivity index (χ1n) is 7.09. The normalized spacial score (nSPS) is 17.8. The van der Waals surface area contributed by atoms with Crippen LogP contribution < -0.4 is 5.73 Å². The lowest BCUT2D eigenvalue weighted by molar-refractivity contribution is 0.1000. The van der Waals surface area contributed by atoms with Crippen LogP contribution in [0.2, 0.25) is 0 Å². The predicted molar refractivity (Wildman–Crippen MR) is 78.3 cm³/mol. The third-order valence-corrected chi connectivity index (χ3v) is 4.38. The highest BCUT2D eigenvalue weighted by Crippen LogP contribution is 2.43. The average molecular weight is 260 g/mol. The summed E-state index contributed by atoms with van der Waals surface area (Å²) in [6.07, 6.45) is 6.33. The Kier molecular flexibility index (Phi) is 4.25. The van der Waals surface area contributed by atoms with Gasteiger partial charge in [0.1, 0.15) is 0 Å². The van der Waals surface area contributed by atoms with Crippen LogP contribution in [0.3, 0.4) is 0 Å². The number of carbonyl (C=O) groups is 1. The van der Waals surface area contributed by atoms with E-state index < -0.39 is 0 Å². The second kappa shape index (κ2) is 5.74. The Bertz CT molecular complexity index is 431. The first-order valence-corrected chi connectivity index (χ1v) is 7.09. The molecule has 104 valence electrons. The van der Waals surface area contributed by atoms with Crippen LogP contribution in [0.25, 0.3) is 0 Å². The highest BCUT2D eigenvalue weighted by Gasteiger charge is 2.35. The summed E-state index contributed by atoms with van der Waals surface area (Å²) in [4.78, 5) is 13.4. The Balaban J connectivity index is 2.21. The standard InChI is InChI=1S/C16H24N2O/c1-18(2)12-11-16(9-3-4-10-16)14-7-5-13(6-8-14)15(17)19/h5-8H,3-4,9-12H2,1-2H3,(H2,17,19). The van der Waals surface area contributed by atoms with E-state index in [1.165, 1.54) is 37.7 Å². The lowest BCUT2D eigenvalue weighted by Gasteiger charge is -2.31. The molecule has 0 radical (unpaired) electrons. The number of hydrogen-bond donors (Lipinski definition) is 1. The first kappa shape index (κ1) is 14.1. The Morgan fingerprint density at radius 2 is 1.79 bits per heavy atom. The Morgan fingerprint density at radius 1 is 1.21 bits per heavy atom. The molecule has 0 heterocycles. The molecule has 2 N–H and O–H groups in total. The van der Waals surface area contributed by atoms with E-state index in [4.69, 9.17) is 5.73 Å². The number of nitrogens with two attached hydrogens (primary N) is 1. The molecule has 0 spiro atoms. The van der Waals surface area contributed by atoms with Gasteiger partial charge in [-0.15, -0.1) is 0 Å². The van der Waals surface area contributed by atoms with E-state index in [-0.39, 0.29) is 5.91 Å². The van der Waals surface area contributed by atoms with E-state index >= 15 is 0 Å². The molecule has 2 rings (SSSR count). The number of carbonyl (C=O) groups excluding carboxylic acids is 1. The van der Waals surface area contributed by atoms with Crippen LogP contribution in [0.1, 0.15) is 48.0 Å². The summed E-state index contributed by atoms with van der Waals surface area (Å²) in [5, 5.41) is 0. The van der Waals surface area contributed by atoms with Crippen molar-refractivity contribution in [2.45, 2.75) is 37.5 Å². The van der Waals surface area contributed by atoms with Crippen molar-refractivity contribution in [3.8, 4) is 0 Å². The van der Waals surface area contributed by atoms with Crippen LogP contribution in [-0.2, 0) is 5.41 Å². The number of nitrogens with zero attached hydrogens (tertiary/aromatic N) is 1. The molecule has 19 heavy (non-hydrogen) atoms. The molecule has 1 amide bonds. The molecule has 3 heteroatoms. The maximum absolute atomic E-state index is 11.1. The van der Waals surface area contributed by atoms with Gasteiger partial charge in [-0.1, -0.05) is 25.0 Å². The molecule has 0 aliphatic heterocycles. The quantitative estimate of drug-likeness (QED) is 0.884. The number of benzene rings is 1. The number of amides is 1. The van der Waals surface area contributed by atoms with E-state index in [0.29, 0.717) is 11.0 Å². The zero-order chi connectivity index (χ0) is 13.9. The maximum Gasteiger partial charge on any atom is 0.248 e. The average Bonchev–Trinajstić information content (AvgIpc) is 2.86. The van der Waals surface area contributed by atoms with Gasteiger partial charge in [0, 0.05) is 5.56 Å². The van der Waals surface area contributed by atoms with Crippen molar-refractivity contribution in [1.82, 2.24) is 4.90 Å². The SMILES string of the molecule is CN(C)CCC1(c2ccc(C(N)=O)cc2)CCCC1. The molecule has 0 saturated heterocycles. The minimum absolute atomic E-state index is 0.306. The fraction of sp³-hybridized carbons (Fsp3) is 0.562. The van der Waals surface area contributed by atoms with Gasteiger partial charge in [-0.2, -0.15) is 0 Å². The third-order valence-electron chi connectivity index (χ3n) is 4.38. The molecule has 0 atom stereocenters. The molecule has 1 saturated carbocycles. The molecule has 0 unspecified atom stereocenters. The monoisotopic (exact) mass is 260 g/mol. The molecule has 1 aliphatic carbocycles. The van der Waals surface area contributed by atoms with Crippen LogP contribution >= 0.6 is 0 Å². The van der Waals surface area contributed by atoms with E-state index in [1.807, 2.05) is 12.1 Å². The van der Waals surface area contributed by atoms with Gasteiger partial charge < -0.3 is 10.6 Å². The smallest absolute Gasteiger partial charge is 0.248 e.